The highest BCUT2D eigenvalue weighted by molar-refractivity contribution is 6.42. The summed E-state index contributed by atoms with van der Waals surface area (Å²) in [6.45, 7) is 5.93. The van der Waals surface area contributed by atoms with Gasteiger partial charge in [-0.1, -0.05) is 29.3 Å². The van der Waals surface area contributed by atoms with Gasteiger partial charge in [0, 0.05) is 50.6 Å². The van der Waals surface area contributed by atoms with Crippen LogP contribution in [-0.2, 0) is 11.3 Å². The summed E-state index contributed by atoms with van der Waals surface area (Å²) >= 11 is 11.9. The van der Waals surface area contributed by atoms with Gasteiger partial charge in [0.25, 0.3) is 5.91 Å². The average Bonchev–Trinajstić information content (AvgIpc) is 2.70. The molecule has 0 aliphatic carbocycles. The van der Waals surface area contributed by atoms with Gasteiger partial charge in [0.15, 0.2) is 6.10 Å². The fraction of sp³-hybridized carbons (Fsp3) is 0.400. The number of rotatable bonds is 6. The third-order valence-electron chi connectivity index (χ3n) is 4.70. The van der Waals surface area contributed by atoms with E-state index in [9.17, 15) is 4.79 Å². The van der Waals surface area contributed by atoms with Crippen LogP contribution in [-0.4, -0.2) is 55.1 Å². The van der Waals surface area contributed by atoms with E-state index in [4.69, 9.17) is 27.9 Å². The number of likely N-dealkylation sites (N-methyl/N-ethyl adjacent to an activating group) is 1. The molecule has 1 unspecified atom stereocenters. The van der Waals surface area contributed by atoms with Gasteiger partial charge in [0.1, 0.15) is 11.6 Å². The van der Waals surface area contributed by atoms with Gasteiger partial charge in [0.2, 0.25) is 0 Å². The van der Waals surface area contributed by atoms with Crippen LogP contribution in [0.3, 0.4) is 0 Å². The maximum absolute atomic E-state index is 12.5. The van der Waals surface area contributed by atoms with Crippen LogP contribution >= 0.6 is 23.2 Å². The predicted octanol–water partition coefficient (Wildman–Crippen LogP) is 3.22. The summed E-state index contributed by atoms with van der Waals surface area (Å²) in [6.07, 6.45) is 1.12. The maximum Gasteiger partial charge on any atom is 0.261 e. The molecule has 2 aromatic rings. The molecule has 1 aromatic carbocycles. The Morgan fingerprint density at radius 3 is 2.68 bits per heavy atom. The average molecular weight is 423 g/mol. The Balaban J connectivity index is 1.59. The zero-order valence-electron chi connectivity index (χ0n) is 16.0. The van der Waals surface area contributed by atoms with E-state index in [0.29, 0.717) is 22.3 Å². The van der Waals surface area contributed by atoms with Crippen molar-refractivity contribution < 1.29 is 9.53 Å². The van der Waals surface area contributed by atoms with E-state index < -0.39 is 6.10 Å². The Morgan fingerprint density at radius 2 is 1.96 bits per heavy atom. The maximum atomic E-state index is 12.5. The first-order valence-electron chi connectivity index (χ1n) is 9.21. The number of pyridine rings is 1. The molecule has 8 heteroatoms. The number of carbonyl (C=O) groups is 1. The second-order valence-corrected chi connectivity index (χ2v) is 7.64. The van der Waals surface area contributed by atoms with E-state index >= 15 is 0 Å². The van der Waals surface area contributed by atoms with E-state index in [0.717, 1.165) is 37.6 Å². The smallest absolute Gasteiger partial charge is 0.261 e. The number of nitrogens with one attached hydrogen (secondary N) is 1. The van der Waals surface area contributed by atoms with Gasteiger partial charge in [-0.25, -0.2) is 4.98 Å². The minimum atomic E-state index is -0.666. The van der Waals surface area contributed by atoms with Crippen LogP contribution in [0.25, 0.3) is 0 Å². The number of ether oxygens (including phenoxy) is 1. The van der Waals surface area contributed by atoms with Crippen LogP contribution in [0.15, 0.2) is 36.5 Å². The largest absolute Gasteiger partial charge is 0.481 e. The van der Waals surface area contributed by atoms with Crippen molar-refractivity contribution >= 4 is 34.9 Å². The lowest BCUT2D eigenvalue weighted by atomic mass is 10.2. The molecule has 28 heavy (non-hydrogen) atoms. The number of benzene rings is 1. The Morgan fingerprint density at radius 1 is 1.21 bits per heavy atom. The van der Waals surface area contributed by atoms with Crippen LogP contribution in [0, 0.1) is 0 Å². The first kappa shape index (κ1) is 20.7. The molecular formula is C20H24Cl2N4O2. The lowest BCUT2D eigenvalue weighted by Gasteiger charge is -2.34. The summed E-state index contributed by atoms with van der Waals surface area (Å²) in [4.78, 5) is 21.6. The van der Waals surface area contributed by atoms with Gasteiger partial charge in [-0.05, 0) is 32.2 Å². The second kappa shape index (κ2) is 9.45. The fourth-order valence-corrected chi connectivity index (χ4v) is 3.29. The number of anilines is 1. The second-order valence-electron chi connectivity index (χ2n) is 6.83. The first-order valence-corrected chi connectivity index (χ1v) is 9.96. The van der Waals surface area contributed by atoms with Gasteiger partial charge in [-0.2, -0.15) is 0 Å². The molecule has 1 fully saturated rings. The highest BCUT2D eigenvalue weighted by Gasteiger charge is 2.19. The topological polar surface area (TPSA) is 57.7 Å². The number of aromatic nitrogens is 1. The molecule has 0 radical (unpaired) electrons. The van der Waals surface area contributed by atoms with Crippen LogP contribution in [0.4, 0.5) is 5.82 Å². The van der Waals surface area contributed by atoms with Crippen LogP contribution < -0.4 is 15.0 Å². The quantitative estimate of drug-likeness (QED) is 0.774. The van der Waals surface area contributed by atoms with Crippen LogP contribution in [0.5, 0.6) is 5.75 Å². The van der Waals surface area contributed by atoms with Crippen molar-refractivity contribution in [2.24, 2.45) is 0 Å². The summed E-state index contributed by atoms with van der Waals surface area (Å²) in [5.41, 5.74) is 0.988. The number of amides is 1. The summed E-state index contributed by atoms with van der Waals surface area (Å²) in [6, 6.07) is 8.80. The monoisotopic (exact) mass is 422 g/mol. The SMILES string of the molecule is CC(Oc1ccc(Cl)c(Cl)c1)C(=O)NCc1cccnc1N1CCN(C)CC1. The normalized spacial score (nSPS) is 15.9. The summed E-state index contributed by atoms with van der Waals surface area (Å²) in [7, 11) is 2.12. The molecule has 2 heterocycles. The fourth-order valence-electron chi connectivity index (χ4n) is 3.01. The summed E-state index contributed by atoms with van der Waals surface area (Å²) in [5.74, 6) is 1.21. The van der Waals surface area contributed by atoms with Crippen molar-refractivity contribution in [2.75, 3.05) is 38.1 Å². The molecule has 1 aliphatic rings. The van der Waals surface area contributed by atoms with Crippen LogP contribution in [0.2, 0.25) is 10.0 Å². The number of carbonyl (C=O) groups excluding carboxylic acids is 1. The van der Waals surface area contributed by atoms with Crippen molar-refractivity contribution in [1.82, 2.24) is 15.2 Å². The van der Waals surface area contributed by atoms with Crippen molar-refractivity contribution in [3.8, 4) is 5.75 Å². The number of nitrogens with zero attached hydrogens (tertiary/aromatic N) is 3. The van der Waals surface area contributed by atoms with E-state index in [2.05, 4.69) is 27.1 Å². The molecule has 1 saturated heterocycles. The lowest BCUT2D eigenvalue weighted by Crippen LogP contribution is -2.45. The molecule has 1 amide bonds. The zero-order chi connectivity index (χ0) is 20.1. The van der Waals surface area contributed by atoms with Gasteiger partial charge < -0.3 is 19.9 Å². The lowest BCUT2D eigenvalue weighted by molar-refractivity contribution is -0.127. The molecule has 3 rings (SSSR count). The number of hydrogen-bond acceptors (Lipinski definition) is 5. The molecular weight excluding hydrogens is 399 g/mol. The van der Waals surface area contributed by atoms with Crippen molar-refractivity contribution in [2.45, 2.75) is 19.6 Å². The molecule has 1 N–H and O–H groups in total. The molecule has 1 atom stereocenters. The number of piperazine rings is 1. The third-order valence-corrected chi connectivity index (χ3v) is 5.44. The van der Waals surface area contributed by atoms with Gasteiger partial charge in [-0.15, -0.1) is 0 Å². The molecule has 1 aromatic heterocycles. The predicted molar refractivity (Wildman–Crippen MR) is 112 cm³/mol. The van der Waals surface area contributed by atoms with Gasteiger partial charge >= 0.3 is 0 Å². The van der Waals surface area contributed by atoms with E-state index in [1.807, 2.05) is 12.1 Å². The Kier molecular flexibility index (Phi) is 6.99. The summed E-state index contributed by atoms with van der Waals surface area (Å²) in [5, 5.41) is 3.76. The van der Waals surface area contributed by atoms with Crippen LogP contribution in [0.1, 0.15) is 12.5 Å². The standard InChI is InChI=1S/C20H24Cl2N4O2/c1-14(28-16-5-6-17(21)18(22)12-16)20(27)24-13-15-4-3-7-23-19(15)26-10-8-25(2)9-11-26/h3-7,12,14H,8-11,13H2,1-2H3,(H,24,27). The molecule has 0 spiro atoms. The first-order chi connectivity index (χ1) is 13.4. The highest BCUT2D eigenvalue weighted by atomic mass is 35.5. The molecule has 0 saturated carbocycles. The van der Waals surface area contributed by atoms with Crippen molar-refractivity contribution in [3.05, 3.63) is 52.1 Å². The van der Waals surface area contributed by atoms with Crippen molar-refractivity contribution in [1.29, 1.82) is 0 Å². The Bertz CT molecular complexity index is 826. The van der Waals surface area contributed by atoms with E-state index in [1.54, 1.807) is 31.3 Å². The molecule has 150 valence electrons. The number of hydrogen-bond donors (Lipinski definition) is 1. The van der Waals surface area contributed by atoms with E-state index in [-0.39, 0.29) is 5.91 Å². The molecule has 6 nitrogen and oxygen atoms in total. The van der Waals surface area contributed by atoms with E-state index in [1.165, 1.54) is 0 Å². The number of halogens is 2. The summed E-state index contributed by atoms with van der Waals surface area (Å²) < 4.78 is 5.67. The van der Waals surface area contributed by atoms with Gasteiger partial charge in [-0.3, -0.25) is 4.79 Å². The minimum Gasteiger partial charge on any atom is -0.481 e. The van der Waals surface area contributed by atoms with Crippen molar-refractivity contribution in [3.63, 3.8) is 0 Å². The third kappa shape index (κ3) is 5.28. The Labute approximate surface area is 175 Å². The van der Waals surface area contributed by atoms with Gasteiger partial charge in [0.05, 0.1) is 10.0 Å². The molecule has 1 aliphatic heterocycles. The zero-order valence-corrected chi connectivity index (χ0v) is 17.5. The molecule has 0 bridgehead atoms. The Hall–Kier alpha value is -2.02. The highest BCUT2D eigenvalue weighted by Crippen LogP contribution is 2.27. The minimum absolute atomic E-state index is 0.209.